The van der Waals surface area contributed by atoms with Crippen LogP contribution in [0, 0.1) is 10.1 Å². The van der Waals surface area contributed by atoms with Crippen molar-refractivity contribution in [2.24, 2.45) is 0 Å². The summed E-state index contributed by atoms with van der Waals surface area (Å²) in [7, 11) is 0. The molecule has 0 spiro atoms. The molecule has 0 unspecified atom stereocenters. The second kappa shape index (κ2) is 7.63. The van der Waals surface area contributed by atoms with Crippen molar-refractivity contribution in [1.29, 1.82) is 0 Å². The number of anilines is 3. The maximum atomic E-state index is 11.4. The third kappa shape index (κ3) is 4.04. The van der Waals surface area contributed by atoms with Gasteiger partial charge in [0.25, 0.3) is 0 Å². The highest BCUT2D eigenvalue weighted by Gasteiger charge is 2.26. The molecule has 2 aliphatic rings. The van der Waals surface area contributed by atoms with Gasteiger partial charge in [-0.3, -0.25) is 10.1 Å². The molecule has 0 aromatic carbocycles. The molecule has 0 radical (unpaired) electrons. The minimum absolute atomic E-state index is 0.0772. The third-order valence-corrected chi connectivity index (χ3v) is 4.98. The Morgan fingerprint density at radius 1 is 0.917 bits per heavy atom. The van der Waals surface area contributed by atoms with Crippen molar-refractivity contribution in [3.05, 3.63) is 10.1 Å². The lowest BCUT2D eigenvalue weighted by molar-refractivity contribution is -0.383. The number of nitrogens with zero attached hydrogens (tertiary/aromatic N) is 3. The molecular formula is C16H26N6O2. The molecule has 2 saturated carbocycles. The predicted molar refractivity (Wildman–Crippen MR) is 94.1 cm³/mol. The van der Waals surface area contributed by atoms with Gasteiger partial charge in [0.15, 0.2) is 0 Å². The fourth-order valence-corrected chi connectivity index (χ4v) is 3.69. The molecule has 2 aliphatic carbocycles. The molecule has 2 fully saturated rings. The predicted octanol–water partition coefficient (Wildman–Crippen LogP) is 3.46. The molecule has 4 N–H and O–H groups in total. The summed E-state index contributed by atoms with van der Waals surface area (Å²) in [5, 5.41) is 17.9. The lowest BCUT2D eigenvalue weighted by atomic mass is 9.95. The molecule has 0 saturated heterocycles. The Hall–Kier alpha value is -2.12. The Kier molecular flexibility index (Phi) is 5.32. The van der Waals surface area contributed by atoms with E-state index in [9.17, 15) is 10.1 Å². The zero-order valence-electron chi connectivity index (χ0n) is 14.0. The first-order valence-corrected chi connectivity index (χ1v) is 8.98. The van der Waals surface area contributed by atoms with E-state index in [1.165, 1.54) is 25.7 Å². The molecule has 1 aromatic heterocycles. The van der Waals surface area contributed by atoms with Gasteiger partial charge in [0.2, 0.25) is 17.6 Å². The summed E-state index contributed by atoms with van der Waals surface area (Å²) in [6.07, 6.45) is 11.3. The molecule has 132 valence electrons. The largest absolute Gasteiger partial charge is 0.378 e. The summed E-state index contributed by atoms with van der Waals surface area (Å²) in [6.45, 7) is 0. The van der Waals surface area contributed by atoms with E-state index < -0.39 is 4.92 Å². The highest BCUT2D eigenvalue weighted by Crippen LogP contribution is 2.32. The summed E-state index contributed by atoms with van der Waals surface area (Å²) in [5.74, 6) is 0.563. The normalized spacial score (nSPS) is 19.8. The molecule has 3 rings (SSSR count). The van der Waals surface area contributed by atoms with Gasteiger partial charge >= 0.3 is 5.69 Å². The highest BCUT2D eigenvalue weighted by molar-refractivity contribution is 5.70. The van der Waals surface area contributed by atoms with Gasteiger partial charge in [-0.25, -0.2) is 0 Å². The van der Waals surface area contributed by atoms with Crippen LogP contribution in [0.5, 0.6) is 0 Å². The van der Waals surface area contributed by atoms with Gasteiger partial charge in [-0.2, -0.15) is 9.97 Å². The monoisotopic (exact) mass is 334 g/mol. The fourth-order valence-electron chi connectivity index (χ4n) is 3.69. The van der Waals surface area contributed by atoms with Crippen LogP contribution >= 0.6 is 0 Å². The van der Waals surface area contributed by atoms with Crippen molar-refractivity contribution >= 4 is 23.3 Å². The number of nitrogens with two attached hydrogens (primary N) is 1. The van der Waals surface area contributed by atoms with Gasteiger partial charge in [0.1, 0.15) is 0 Å². The van der Waals surface area contributed by atoms with Crippen LogP contribution in [0.2, 0.25) is 0 Å². The number of aromatic nitrogens is 2. The number of nitrogen functional groups attached to an aromatic ring is 1. The van der Waals surface area contributed by atoms with Gasteiger partial charge < -0.3 is 16.4 Å². The summed E-state index contributed by atoms with van der Waals surface area (Å²) < 4.78 is 0. The van der Waals surface area contributed by atoms with E-state index in [-0.39, 0.29) is 23.4 Å². The minimum Gasteiger partial charge on any atom is -0.378 e. The zero-order valence-corrected chi connectivity index (χ0v) is 14.0. The average molecular weight is 334 g/mol. The highest BCUT2D eigenvalue weighted by atomic mass is 16.6. The van der Waals surface area contributed by atoms with Crippen molar-refractivity contribution in [3.63, 3.8) is 0 Å². The van der Waals surface area contributed by atoms with Crippen molar-refractivity contribution in [2.45, 2.75) is 76.3 Å². The Labute approximate surface area is 141 Å². The van der Waals surface area contributed by atoms with Gasteiger partial charge in [-0.05, 0) is 25.7 Å². The number of nitro groups is 1. The second-order valence-corrected chi connectivity index (χ2v) is 6.85. The van der Waals surface area contributed by atoms with Crippen LogP contribution in [0.25, 0.3) is 0 Å². The lowest BCUT2D eigenvalue weighted by Crippen LogP contribution is -2.26. The van der Waals surface area contributed by atoms with Gasteiger partial charge in [0, 0.05) is 12.1 Å². The molecule has 8 nitrogen and oxygen atoms in total. The first-order valence-electron chi connectivity index (χ1n) is 8.98. The zero-order chi connectivity index (χ0) is 16.9. The summed E-state index contributed by atoms with van der Waals surface area (Å²) in [5.41, 5.74) is 5.65. The number of rotatable bonds is 5. The second-order valence-electron chi connectivity index (χ2n) is 6.85. The number of hydrogen-bond acceptors (Lipinski definition) is 7. The van der Waals surface area contributed by atoms with E-state index in [1.807, 2.05) is 0 Å². The first-order chi connectivity index (χ1) is 11.6. The van der Waals surface area contributed by atoms with Gasteiger partial charge in [-0.15, -0.1) is 0 Å². The topological polar surface area (TPSA) is 119 Å². The molecule has 1 heterocycles. The Balaban J connectivity index is 1.81. The Morgan fingerprint density at radius 3 is 2.00 bits per heavy atom. The molecule has 1 aromatic rings. The molecule has 0 amide bonds. The third-order valence-electron chi connectivity index (χ3n) is 4.98. The van der Waals surface area contributed by atoms with Crippen molar-refractivity contribution in [3.8, 4) is 0 Å². The van der Waals surface area contributed by atoms with E-state index in [0.29, 0.717) is 12.0 Å². The van der Waals surface area contributed by atoms with Crippen LogP contribution in [0.1, 0.15) is 64.2 Å². The van der Waals surface area contributed by atoms with Crippen molar-refractivity contribution < 1.29 is 4.92 Å². The Morgan fingerprint density at radius 2 is 1.46 bits per heavy atom. The van der Waals surface area contributed by atoms with E-state index in [4.69, 9.17) is 5.73 Å². The van der Waals surface area contributed by atoms with Crippen LogP contribution < -0.4 is 16.4 Å². The SMILES string of the molecule is Nc1nc(NC2CCCCC2)nc(NC2CCCCC2)c1[N+](=O)[O-]. The van der Waals surface area contributed by atoms with Gasteiger partial charge in [0.05, 0.1) is 4.92 Å². The number of nitrogens with one attached hydrogen (secondary N) is 2. The standard InChI is InChI=1S/C16H26N6O2/c17-14-13(22(23)24)15(18-11-7-3-1-4-8-11)21-16(20-14)19-12-9-5-2-6-10-12/h11-12H,1-10H2,(H4,17,18,19,20,21). The molecule has 24 heavy (non-hydrogen) atoms. The average Bonchev–Trinajstić information content (AvgIpc) is 2.56. The van der Waals surface area contributed by atoms with Crippen molar-refractivity contribution in [2.75, 3.05) is 16.4 Å². The Bertz CT molecular complexity index is 582. The van der Waals surface area contributed by atoms with E-state index in [0.717, 1.165) is 38.5 Å². The fraction of sp³-hybridized carbons (Fsp3) is 0.750. The van der Waals surface area contributed by atoms with E-state index in [2.05, 4.69) is 20.6 Å². The summed E-state index contributed by atoms with van der Waals surface area (Å²) in [6, 6.07) is 0.538. The minimum atomic E-state index is -0.495. The first kappa shape index (κ1) is 16.7. The summed E-state index contributed by atoms with van der Waals surface area (Å²) in [4.78, 5) is 19.4. The quantitative estimate of drug-likeness (QED) is 0.557. The number of hydrogen-bond donors (Lipinski definition) is 3. The maximum absolute atomic E-state index is 11.4. The molecular weight excluding hydrogens is 308 g/mol. The van der Waals surface area contributed by atoms with Crippen molar-refractivity contribution in [1.82, 2.24) is 9.97 Å². The molecule has 0 aliphatic heterocycles. The lowest BCUT2D eigenvalue weighted by Gasteiger charge is -2.25. The smallest absolute Gasteiger partial charge is 0.353 e. The maximum Gasteiger partial charge on any atom is 0.353 e. The van der Waals surface area contributed by atoms with Crippen LogP contribution in [0.3, 0.4) is 0 Å². The van der Waals surface area contributed by atoms with Crippen LogP contribution in [0.4, 0.5) is 23.3 Å². The van der Waals surface area contributed by atoms with Crippen LogP contribution in [0.15, 0.2) is 0 Å². The van der Waals surface area contributed by atoms with E-state index >= 15 is 0 Å². The van der Waals surface area contributed by atoms with Crippen LogP contribution in [-0.2, 0) is 0 Å². The molecule has 0 atom stereocenters. The van der Waals surface area contributed by atoms with Crippen LogP contribution in [-0.4, -0.2) is 27.0 Å². The molecule has 0 bridgehead atoms. The van der Waals surface area contributed by atoms with Gasteiger partial charge in [-0.1, -0.05) is 38.5 Å². The summed E-state index contributed by atoms with van der Waals surface area (Å²) >= 11 is 0. The van der Waals surface area contributed by atoms with E-state index in [1.54, 1.807) is 0 Å². The molecule has 8 heteroatoms.